The van der Waals surface area contributed by atoms with E-state index in [1.165, 1.54) is 0 Å². The molecule has 0 aliphatic carbocycles. The van der Waals surface area contributed by atoms with Crippen LogP contribution in [0.3, 0.4) is 0 Å². The minimum absolute atomic E-state index is 0.238. The molecule has 0 amide bonds. The van der Waals surface area contributed by atoms with Crippen molar-refractivity contribution in [2.24, 2.45) is 0 Å². The van der Waals surface area contributed by atoms with E-state index in [2.05, 4.69) is 6.92 Å². The van der Waals surface area contributed by atoms with Crippen LogP contribution in [0.15, 0.2) is 30.3 Å². The molecular weight excluding hydrogens is 244 g/mol. The zero-order valence-corrected chi connectivity index (χ0v) is 11.5. The van der Waals surface area contributed by atoms with E-state index >= 15 is 0 Å². The first-order valence-corrected chi connectivity index (χ1v) is 6.68. The average molecular weight is 266 g/mol. The van der Waals surface area contributed by atoms with Crippen LogP contribution in [0.25, 0.3) is 0 Å². The lowest BCUT2D eigenvalue weighted by atomic mass is 10.2. The predicted molar refractivity (Wildman–Crippen MR) is 72.8 cm³/mol. The van der Waals surface area contributed by atoms with E-state index in [-0.39, 0.29) is 12.4 Å². The fourth-order valence-electron chi connectivity index (χ4n) is 1.43. The van der Waals surface area contributed by atoms with Gasteiger partial charge in [-0.2, -0.15) is 0 Å². The summed E-state index contributed by atoms with van der Waals surface area (Å²) >= 11 is 0. The van der Waals surface area contributed by atoms with Gasteiger partial charge in [-0.3, -0.25) is 4.79 Å². The van der Waals surface area contributed by atoms with Gasteiger partial charge in [-0.1, -0.05) is 37.3 Å². The molecule has 19 heavy (non-hydrogen) atoms. The second kappa shape index (κ2) is 10.5. The summed E-state index contributed by atoms with van der Waals surface area (Å²) in [7, 11) is 0. The molecule has 0 heterocycles. The highest BCUT2D eigenvalue weighted by Crippen LogP contribution is 2.01. The van der Waals surface area contributed by atoms with E-state index in [1.54, 1.807) is 0 Å². The van der Waals surface area contributed by atoms with Gasteiger partial charge < -0.3 is 14.2 Å². The van der Waals surface area contributed by atoms with Crippen LogP contribution >= 0.6 is 0 Å². The third kappa shape index (κ3) is 8.35. The minimum atomic E-state index is -0.238. The van der Waals surface area contributed by atoms with Crippen LogP contribution < -0.4 is 0 Å². The molecule has 1 aromatic carbocycles. The lowest BCUT2D eigenvalue weighted by molar-refractivity contribution is -0.146. The van der Waals surface area contributed by atoms with Gasteiger partial charge in [0, 0.05) is 6.61 Å². The summed E-state index contributed by atoms with van der Waals surface area (Å²) in [4.78, 5) is 11.4. The van der Waals surface area contributed by atoms with Crippen molar-refractivity contribution in [3.63, 3.8) is 0 Å². The topological polar surface area (TPSA) is 44.8 Å². The summed E-state index contributed by atoms with van der Waals surface area (Å²) in [6, 6.07) is 9.62. The molecule has 0 saturated carbocycles. The molecule has 0 aliphatic heterocycles. The first-order valence-electron chi connectivity index (χ1n) is 6.68. The Morgan fingerprint density at radius 1 is 1.00 bits per heavy atom. The van der Waals surface area contributed by atoms with E-state index in [0.29, 0.717) is 26.4 Å². The SMILES string of the molecule is CCCOCCOCCC(=O)OCc1ccccc1. The van der Waals surface area contributed by atoms with Gasteiger partial charge in [-0.15, -0.1) is 0 Å². The van der Waals surface area contributed by atoms with Gasteiger partial charge in [0.15, 0.2) is 0 Å². The Kier molecular flexibility index (Phi) is 8.68. The van der Waals surface area contributed by atoms with Crippen LogP contribution in [0.2, 0.25) is 0 Å². The first kappa shape index (κ1) is 15.7. The average Bonchev–Trinajstić information content (AvgIpc) is 2.45. The first-order chi connectivity index (χ1) is 9.33. The third-order valence-corrected chi connectivity index (χ3v) is 2.41. The monoisotopic (exact) mass is 266 g/mol. The summed E-state index contributed by atoms with van der Waals surface area (Å²) < 4.78 is 15.7. The van der Waals surface area contributed by atoms with Gasteiger partial charge in [0.25, 0.3) is 0 Å². The Morgan fingerprint density at radius 2 is 1.68 bits per heavy atom. The second-order valence-corrected chi connectivity index (χ2v) is 4.12. The van der Waals surface area contributed by atoms with Gasteiger partial charge >= 0.3 is 5.97 Å². The number of carbonyl (C=O) groups excluding carboxylic acids is 1. The van der Waals surface area contributed by atoms with E-state index in [4.69, 9.17) is 14.2 Å². The van der Waals surface area contributed by atoms with Crippen molar-refractivity contribution in [1.29, 1.82) is 0 Å². The molecule has 4 nitrogen and oxygen atoms in total. The maximum absolute atomic E-state index is 11.4. The fourth-order valence-corrected chi connectivity index (χ4v) is 1.43. The van der Waals surface area contributed by atoms with Crippen molar-refractivity contribution in [2.75, 3.05) is 26.4 Å². The lowest BCUT2D eigenvalue weighted by Gasteiger charge is -2.06. The molecule has 1 rings (SSSR count). The third-order valence-electron chi connectivity index (χ3n) is 2.41. The molecule has 0 aliphatic rings. The summed E-state index contributed by atoms with van der Waals surface area (Å²) in [5, 5.41) is 0. The zero-order chi connectivity index (χ0) is 13.8. The van der Waals surface area contributed by atoms with E-state index < -0.39 is 0 Å². The number of benzene rings is 1. The van der Waals surface area contributed by atoms with Crippen molar-refractivity contribution in [1.82, 2.24) is 0 Å². The largest absolute Gasteiger partial charge is 0.461 e. The second-order valence-electron chi connectivity index (χ2n) is 4.12. The molecule has 1 aromatic rings. The maximum atomic E-state index is 11.4. The van der Waals surface area contributed by atoms with Crippen LogP contribution in [0.1, 0.15) is 25.3 Å². The number of rotatable bonds is 10. The fraction of sp³-hybridized carbons (Fsp3) is 0.533. The van der Waals surface area contributed by atoms with Crippen LogP contribution in [0, 0.1) is 0 Å². The highest BCUT2D eigenvalue weighted by Gasteiger charge is 2.03. The number of esters is 1. The molecule has 0 unspecified atom stereocenters. The molecule has 0 saturated heterocycles. The molecule has 0 atom stereocenters. The van der Waals surface area contributed by atoms with Gasteiger partial charge in [-0.05, 0) is 12.0 Å². The number of ether oxygens (including phenoxy) is 3. The number of carbonyl (C=O) groups is 1. The van der Waals surface area contributed by atoms with E-state index in [9.17, 15) is 4.79 Å². The summed E-state index contributed by atoms with van der Waals surface area (Å²) in [6.07, 6.45) is 1.28. The molecule has 0 bridgehead atoms. The van der Waals surface area contributed by atoms with Crippen LogP contribution in [0.5, 0.6) is 0 Å². The van der Waals surface area contributed by atoms with Gasteiger partial charge in [0.1, 0.15) is 6.61 Å². The lowest BCUT2D eigenvalue weighted by Crippen LogP contribution is -2.11. The normalized spacial score (nSPS) is 10.4. The van der Waals surface area contributed by atoms with Crippen LogP contribution in [0.4, 0.5) is 0 Å². The molecule has 0 aromatic heterocycles. The molecule has 106 valence electrons. The highest BCUT2D eigenvalue weighted by molar-refractivity contribution is 5.69. The Labute approximate surface area is 114 Å². The predicted octanol–water partition coefficient (Wildman–Crippen LogP) is 2.56. The number of hydrogen-bond donors (Lipinski definition) is 0. The summed E-state index contributed by atoms with van der Waals surface area (Å²) in [5.41, 5.74) is 0.990. The molecule has 0 radical (unpaired) electrons. The van der Waals surface area contributed by atoms with Gasteiger partial charge in [0.05, 0.1) is 26.2 Å². The molecular formula is C15H22O4. The molecule has 0 fully saturated rings. The Hall–Kier alpha value is -1.39. The Bertz CT molecular complexity index is 337. The maximum Gasteiger partial charge on any atom is 0.308 e. The summed E-state index contributed by atoms with van der Waals surface area (Å²) in [6.45, 7) is 4.60. The van der Waals surface area contributed by atoms with Gasteiger partial charge in [-0.25, -0.2) is 0 Å². The zero-order valence-electron chi connectivity index (χ0n) is 11.5. The number of hydrogen-bond acceptors (Lipinski definition) is 4. The van der Waals surface area contributed by atoms with E-state index in [0.717, 1.165) is 18.6 Å². The van der Waals surface area contributed by atoms with Crippen molar-refractivity contribution < 1.29 is 19.0 Å². The van der Waals surface area contributed by atoms with Crippen LogP contribution in [-0.4, -0.2) is 32.4 Å². The van der Waals surface area contributed by atoms with Crippen molar-refractivity contribution in [3.05, 3.63) is 35.9 Å². The molecule has 4 heteroatoms. The molecule has 0 N–H and O–H groups in total. The quantitative estimate of drug-likeness (QED) is 0.482. The molecule has 0 spiro atoms. The Morgan fingerprint density at radius 3 is 2.37 bits per heavy atom. The van der Waals surface area contributed by atoms with Crippen LogP contribution in [-0.2, 0) is 25.6 Å². The Balaban J connectivity index is 1.96. The smallest absolute Gasteiger partial charge is 0.308 e. The minimum Gasteiger partial charge on any atom is -0.461 e. The van der Waals surface area contributed by atoms with Crippen molar-refractivity contribution >= 4 is 5.97 Å². The standard InChI is InChI=1S/C15H22O4/c1-2-9-17-11-12-18-10-8-15(16)19-13-14-6-4-3-5-7-14/h3-7H,2,8-13H2,1H3. The van der Waals surface area contributed by atoms with E-state index in [1.807, 2.05) is 30.3 Å². The summed E-state index contributed by atoms with van der Waals surface area (Å²) in [5.74, 6) is -0.238. The highest BCUT2D eigenvalue weighted by atomic mass is 16.5. The van der Waals surface area contributed by atoms with Gasteiger partial charge in [0.2, 0.25) is 0 Å². The van der Waals surface area contributed by atoms with Crippen molar-refractivity contribution in [3.8, 4) is 0 Å². The van der Waals surface area contributed by atoms with Crippen molar-refractivity contribution in [2.45, 2.75) is 26.4 Å².